The van der Waals surface area contributed by atoms with Crippen molar-refractivity contribution in [1.29, 1.82) is 0 Å². The van der Waals surface area contributed by atoms with Gasteiger partial charge in [-0.05, 0) is 42.5 Å². The summed E-state index contributed by atoms with van der Waals surface area (Å²) in [5.41, 5.74) is 1.92. The third kappa shape index (κ3) is 7.71. The highest BCUT2D eigenvalue weighted by atomic mass is 32.3. The lowest BCUT2D eigenvalue weighted by Crippen LogP contribution is -2.49. The fourth-order valence-corrected chi connectivity index (χ4v) is 7.61. The van der Waals surface area contributed by atoms with E-state index in [1.165, 1.54) is 7.11 Å². The molecule has 38 heavy (non-hydrogen) atoms. The summed E-state index contributed by atoms with van der Waals surface area (Å²) in [4.78, 5) is 12.8. The van der Waals surface area contributed by atoms with Crippen molar-refractivity contribution >= 4 is 26.6 Å². The highest BCUT2D eigenvalue weighted by Crippen LogP contribution is 2.58. The smallest absolute Gasteiger partial charge is 0.266 e. The lowest BCUT2D eigenvalue weighted by Gasteiger charge is -2.42. The van der Waals surface area contributed by atoms with Gasteiger partial charge in [0.1, 0.15) is 5.75 Å². The Kier molecular flexibility index (Phi) is 10.2. The van der Waals surface area contributed by atoms with Crippen LogP contribution in [0.2, 0.25) is 0 Å². The molecule has 0 aliphatic carbocycles. The van der Waals surface area contributed by atoms with E-state index in [1.54, 1.807) is 6.07 Å². The van der Waals surface area contributed by atoms with Gasteiger partial charge < -0.3 is 10.1 Å². The number of aryl methyl sites for hydroxylation is 1. The summed E-state index contributed by atoms with van der Waals surface area (Å²) in [5.74, 6) is -0.225. The minimum absolute atomic E-state index is 0.0373. The number of methoxy groups -OCH3 is 1. The standard InChI is InChI=1S/C27H40N2O7S2/c1-4-6-14-27(5-2)19-37(31,32)24-17-21(12-13-25(30)28-15-16-38(33,34)35)23(36-3)18-22(24)26(29-27)20-10-8-7-9-11-20/h7-11,17-18,26,29,31-32H,4-6,12-16,19H2,1-3H3,(H,28,30)(H,33,34,35)/t26-,27-/m1/s1. The largest absolute Gasteiger partial charge is 0.496 e. The van der Waals surface area contributed by atoms with E-state index >= 15 is 0 Å². The first-order chi connectivity index (χ1) is 17.9. The van der Waals surface area contributed by atoms with E-state index in [4.69, 9.17) is 9.29 Å². The van der Waals surface area contributed by atoms with Gasteiger partial charge in [-0.3, -0.25) is 23.8 Å². The number of rotatable bonds is 12. The van der Waals surface area contributed by atoms with Crippen LogP contribution in [-0.2, 0) is 21.3 Å². The highest BCUT2D eigenvalue weighted by Gasteiger charge is 2.42. The van der Waals surface area contributed by atoms with E-state index < -0.39 is 32.0 Å². The Bertz CT molecular complexity index is 1210. The summed E-state index contributed by atoms with van der Waals surface area (Å²) in [6.45, 7) is 4.00. The summed E-state index contributed by atoms with van der Waals surface area (Å²) >= 11 is 0. The van der Waals surface area contributed by atoms with Crippen LogP contribution >= 0.6 is 10.6 Å². The van der Waals surface area contributed by atoms with Crippen LogP contribution < -0.4 is 15.4 Å². The first-order valence-electron chi connectivity index (χ1n) is 12.9. The molecule has 11 heteroatoms. The van der Waals surface area contributed by atoms with Crippen LogP contribution in [0.1, 0.15) is 68.7 Å². The molecule has 1 heterocycles. The molecule has 1 aliphatic heterocycles. The molecule has 212 valence electrons. The van der Waals surface area contributed by atoms with Gasteiger partial charge in [-0.25, -0.2) is 0 Å². The number of ether oxygens (including phenoxy) is 1. The zero-order valence-electron chi connectivity index (χ0n) is 22.3. The molecule has 5 N–H and O–H groups in total. The molecule has 2 atom stereocenters. The number of carbonyl (C=O) groups excluding carboxylic acids is 1. The fraction of sp³-hybridized carbons (Fsp3) is 0.519. The summed E-state index contributed by atoms with van der Waals surface area (Å²) in [6.07, 6.45) is 3.78. The lowest BCUT2D eigenvalue weighted by molar-refractivity contribution is -0.120. The molecular formula is C27H40N2O7S2. The van der Waals surface area contributed by atoms with E-state index in [0.29, 0.717) is 16.2 Å². The molecule has 9 nitrogen and oxygen atoms in total. The first kappa shape index (κ1) is 30.4. The van der Waals surface area contributed by atoms with Gasteiger partial charge >= 0.3 is 0 Å². The molecular weight excluding hydrogens is 528 g/mol. The molecule has 0 unspecified atom stereocenters. The third-order valence-corrected chi connectivity index (χ3v) is 9.86. The van der Waals surface area contributed by atoms with E-state index in [2.05, 4.69) is 24.5 Å². The van der Waals surface area contributed by atoms with E-state index in [-0.39, 0.29) is 37.1 Å². The van der Waals surface area contributed by atoms with Crippen LogP contribution in [0.4, 0.5) is 0 Å². The number of fused-ring (bicyclic) bond motifs is 1. The minimum Gasteiger partial charge on any atom is -0.496 e. The van der Waals surface area contributed by atoms with E-state index in [9.17, 15) is 22.3 Å². The van der Waals surface area contributed by atoms with Crippen LogP contribution in [0, 0.1) is 0 Å². The predicted molar refractivity (Wildman–Crippen MR) is 151 cm³/mol. The van der Waals surface area contributed by atoms with Crippen molar-refractivity contribution in [2.24, 2.45) is 0 Å². The van der Waals surface area contributed by atoms with Gasteiger partial charge in [0.2, 0.25) is 5.91 Å². The zero-order chi connectivity index (χ0) is 28.0. The van der Waals surface area contributed by atoms with Crippen LogP contribution in [0.3, 0.4) is 0 Å². The topological polar surface area (TPSA) is 145 Å². The Labute approximate surface area is 227 Å². The highest BCUT2D eigenvalue weighted by molar-refractivity contribution is 8.24. The van der Waals surface area contributed by atoms with Crippen LogP contribution in [0.5, 0.6) is 5.75 Å². The zero-order valence-corrected chi connectivity index (χ0v) is 23.9. The predicted octanol–water partition coefficient (Wildman–Crippen LogP) is 4.77. The minimum atomic E-state index is -4.16. The van der Waals surface area contributed by atoms with Crippen molar-refractivity contribution in [1.82, 2.24) is 10.6 Å². The molecule has 2 aromatic carbocycles. The van der Waals surface area contributed by atoms with Gasteiger partial charge in [0, 0.05) is 24.1 Å². The molecule has 3 rings (SSSR count). The fourth-order valence-electron chi connectivity index (χ4n) is 5.01. The van der Waals surface area contributed by atoms with Gasteiger partial charge in [0.15, 0.2) is 0 Å². The summed E-state index contributed by atoms with van der Waals surface area (Å²) in [5, 5.41) is 6.29. The number of unbranched alkanes of at least 4 members (excludes halogenated alkanes) is 1. The Balaban J connectivity index is 2.00. The second kappa shape index (κ2) is 12.8. The van der Waals surface area contributed by atoms with Crippen molar-refractivity contribution in [2.75, 3.05) is 25.2 Å². The van der Waals surface area contributed by atoms with Crippen LogP contribution in [-0.4, -0.2) is 58.7 Å². The number of nitrogens with one attached hydrogen (secondary N) is 2. The molecule has 1 aliphatic rings. The maximum atomic E-state index is 12.3. The maximum Gasteiger partial charge on any atom is 0.266 e. The number of hydrogen-bond acceptors (Lipinski definition) is 7. The van der Waals surface area contributed by atoms with Crippen molar-refractivity contribution in [3.05, 3.63) is 59.2 Å². The van der Waals surface area contributed by atoms with Gasteiger partial charge in [0.25, 0.3) is 10.1 Å². The summed E-state index contributed by atoms with van der Waals surface area (Å²) in [7, 11) is -5.83. The molecule has 2 aromatic rings. The molecule has 0 saturated carbocycles. The second-order valence-electron chi connectivity index (χ2n) is 9.87. The van der Waals surface area contributed by atoms with Gasteiger partial charge in [-0.15, -0.1) is 0 Å². The van der Waals surface area contributed by atoms with Gasteiger partial charge in [-0.1, -0.05) is 57.0 Å². The van der Waals surface area contributed by atoms with E-state index in [1.807, 2.05) is 36.4 Å². The quantitative estimate of drug-likeness (QED) is 0.230. The Morgan fingerprint density at radius 3 is 2.53 bits per heavy atom. The number of benzene rings is 2. The van der Waals surface area contributed by atoms with Crippen molar-refractivity contribution in [2.45, 2.75) is 68.8 Å². The Hall–Kier alpha value is -2.15. The van der Waals surface area contributed by atoms with E-state index in [0.717, 1.165) is 36.8 Å². The van der Waals surface area contributed by atoms with Crippen LogP contribution in [0.15, 0.2) is 47.4 Å². The summed E-state index contributed by atoms with van der Waals surface area (Å²) in [6, 6.07) is 13.2. The van der Waals surface area contributed by atoms with Gasteiger partial charge in [0.05, 0.1) is 29.6 Å². The summed E-state index contributed by atoms with van der Waals surface area (Å²) < 4.78 is 59.5. The Morgan fingerprint density at radius 2 is 1.92 bits per heavy atom. The normalized spacial score (nSPS) is 21.7. The average Bonchev–Trinajstić information content (AvgIpc) is 2.97. The monoisotopic (exact) mass is 568 g/mol. The first-order valence-corrected chi connectivity index (χ1v) is 16.3. The maximum absolute atomic E-state index is 12.3. The van der Waals surface area contributed by atoms with Crippen LogP contribution in [0.25, 0.3) is 0 Å². The molecule has 0 spiro atoms. The van der Waals surface area contributed by atoms with Crippen molar-refractivity contribution in [3.63, 3.8) is 0 Å². The molecule has 0 bridgehead atoms. The molecule has 1 amide bonds. The second-order valence-corrected chi connectivity index (χ2v) is 13.5. The third-order valence-electron chi connectivity index (χ3n) is 7.13. The molecule has 0 aromatic heterocycles. The number of carbonyl (C=O) groups is 1. The SMILES string of the molecule is CCCC[C@]1(CC)CS(O)(O)c2cc(CCC(=O)NCCS(=O)(=O)O)c(OC)cc2[C@@H](c2ccccc2)N1. The average molecular weight is 569 g/mol. The Morgan fingerprint density at radius 1 is 1.21 bits per heavy atom. The lowest BCUT2D eigenvalue weighted by atomic mass is 9.87. The number of amides is 1. The molecule has 0 fully saturated rings. The van der Waals surface area contributed by atoms with Crippen molar-refractivity contribution < 1.29 is 31.6 Å². The van der Waals surface area contributed by atoms with Gasteiger partial charge in [-0.2, -0.15) is 19.0 Å². The number of hydrogen-bond donors (Lipinski definition) is 5. The van der Waals surface area contributed by atoms with Crippen molar-refractivity contribution in [3.8, 4) is 5.75 Å². The molecule has 0 radical (unpaired) electrons. The molecule has 0 saturated heterocycles.